The van der Waals surface area contributed by atoms with E-state index in [-0.39, 0.29) is 6.23 Å². The number of hydrogen-bond donors (Lipinski definition) is 1. The molecule has 4 rings (SSSR count). The molecule has 2 heterocycles. The van der Waals surface area contributed by atoms with Gasteiger partial charge in [0.05, 0.1) is 17.4 Å². The number of halogens is 1. The van der Waals surface area contributed by atoms with Gasteiger partial charge in [-0.05, 0) is 94.3 Å². The Kier molecular flexibility index (Phi) is 8.72. The summed E-state index contributed by atoms with van der Waals surface area (Å²) in [5.74, 6) is 0.219. The van der Waals surface area contributed by atoms with Crippen LogP contribution in [-0.2, 0) is 9.47 Å². The molecule has 1 aromatic heterocycles. The molecular formula is C30H38FN3O4. The first-order valence-corrected chi connectivity index (χ1v) is 13.4. The van der Waals surface area contributed by atoms with Gasteiger partial charge in [0.1, 0.15) is 18.0 Å². The Morgan fingerprint density at radius 2 is 1.89 bits per heavy atom. The van der Waals surface area contributed by atoms with Crippen molar-refractivity contribution in [2.75, 3.05) is 19.8 Å². The molecule has 38 heavy (non-hydrogen) atoms. The molecular weight excluding hydrogens is 485 g/mol. The van der Waals surface area contributed by atoms with Crippen molar-refractivity contribution in [3.8, 4) is 5.75 Å². The Morgan fingerprint density at radius 3 is 2.55 bits per heavy atom. The number of amides is 1. The Labute approximate surface area is 224 Å². The second-order valence-corrected chi connectivity index (χ2v) is 10.6. The number of hydrogen-bond acceptors (Lipinski definition) is 5. The number of carbonyl (C=O) groups excluding carboxylic acids is 1. The molecule has 0 radical (unpaired) electrons. The van der Waals surface area contributed by atoms with Crippen LogP contribution < -0.4 is 10.1 Å². The van der Waals surface area contributed by atoms with E-state index in [9.17, 15) is 9.18 Å². The maximum Gasteiger partial charge on any atom is 0.407 e. The molecule has 7 nitrogen and oxygen atoms in total. The largest absolute Gasteiger partial charge is 0.492 e. The van der Waals surface area contributed by atoms with E-state index in [1.54, 1.807) is 4.68 Å². The van der Waals surface area contributed by atoms with Crippen molar-refractivity contribution in [1.82, 2.24) is 15.1 Å². The van der Waals surface area contributed by atoms with Gasteiger partial charge in [0.25, 0.3) is 0 Å². The van der Waals surface area contributed by atoms with Gasteiger partial charge in [-0.1, -0.05) is 30.7 Å². The lowest BCUT2D eigenvalue weighted by atomic mass is 9.92. The monoisotopic (exact) mass is 523 g/mol. The average molecular weight is 524 g/mol. The molecule has 1 aliphatic rings. The maximum absolute atomic E-state index is 15.0. The third kappa shape index (κ3) is 6.72. The lowest BCUT2D eigenvalue weighted by Gasteiger charge is -2.23. The summed E-state index contributed by atoms with van der Waals surface area (Å²) in [6.07, 6.45) is 3.09. The molecule has 1 fully saturated rings. The van der Waals surface area contributed by atoms with E-state index in [0.29, 0.717) is 30.9 Å². The topological polar surface area (TPSA) is 74.6 Å². The number of nitrogens with one attached hydrogen (secondary N) is 1. The molecule has 3 aromatic rings. The lowest BCUT2D eigenvalue weighted by Crippen LogP contribution is -2.34. The fourth-order valence-electron chi connectivity index (χ4n) is 4.59. The molecule has 1 atom stereocenters. The van der Waals surface area contributed by atoms with Crippen molar-refractivity contribution in [3.05, 3.63) is 65.1 Å². The van der Waals surface area contributed by atoms with E-state index in [4.69, 9.17) is 14.2 Å². The highest BCUT2D eigenvalue weighted by Gasteiger charge is 2.22. The first-order chi connectivity index (χ1) is 18.2. The molecule has 1 aliphatic heterocycles. The Hall–Kier alpha value is -3.39. The molecule has 0 spiro atoms. The highest BCUT2D eigenvalue weighted by molar-refractivity contribution is 5.89. The molecule has 204 valence electrons. The molecule has 0 bridgehead atoms. The molecule has 2 aromatic carbocycles. The second-order valence-electron chi connectivity index (χ2n) is 10.6. The zero-order valence-electron chi connectivity index (χ0n) is 23.0. The summed E-state index contributed by atoms with van der Waals surface area (Å²) in [6, 6.07) is 13.7. The Bertz CT molecular complexity index is 1290. The summed E-state index contributed by atoms with van der Waals surface area (Å²) in [5.41, 5.74) is 4.43. The minimum absolute atomic E-state index is 0.221. The smallest absolute Gasteiger partial charge is 0.407 e. The van der Waals surface area contributed by atoms with E-state index in [0.717, 1.165) is 47.9 Å². The average Bonchev–Trinajstić information content (AvgIpc) is 3.23. The summed E-state index contributed by atoms with van der Waals surface area (Å²) >= 11 is 0. The highest BCUT2D eigenvalue weighted by atomic mass is 19.1. The minimum Gasteiger partial charge on any atom is -0.492 e. The van der Waals surface area contributed by atoms with Gasteiger partial charge in [0, 0.05) is 6.61 Å². The van der Waals surface area contributed by atoms with Crippen LogP contribution in [0.2, 0.25) is 0 Å². The predicted molar refractivity (Wildman–Crippen MR) is 147 cm³/mol. The van der Waals surface area contributed by atoms with Crippen LogP contribution in [0.1, 0.15) is 77.7 Å². The van der Waals surface area contributed by atoms with Crippen molar-refractivity contribution >= 4 is 22.6 Å². The predicted octanol–water partition coefficient (Wildman–Crippen LogP) is 7.01. The quantitative estimate of drug-likeness (QED) is 0.322. The van der Waals surface area contributed by atoms with Crippen LogP contribution in [-0.4, -0.2) is 41.2 Å². The van der Waals surface area contributed by atoms with Crippen LogP contribution in [0.15, 0.2) is 48.0 Å². The van der Waals surface area contributed by atoms with Crippen LogP contribution >= 0.6 is 0 Å². The first-order valence-electron chi connectivity index (χ1n) is 13.4. The van der Waals surface area contributed by atoms with Gasteiger partial charge in [-0.3, -0.25) is 0 Å². The van der Waals surface area contributed by atoms with Crippen LogP contribution in [0.3, 0.4) is 0 Å². The van der Waals surface area contributed by atoms with Gasteiger partial charge in [-0.25, -0.2) is 9.48 Å². The number of ether oxygens (including phenoxy) is 3. The van der Waals surface area contributed by atoms with Crippen molar-refractivity contribution < 1.29 is 23.4 Å². The van der Waals surface area contributed by atoms with E-state index >= 15 is 0 Å². The van der Waals surface area contributed by atoms with E-state index < -0.39 is 17.6 Å². The Morgan fingerprint density at radius 1 is 1.16 bits per heavy atom. The van der Waals surface area contributed by atoms with Gasteiger partial charge in [-0.15, -0.1) is 5.10 Å². The zero-order chi connectivity index (χ0) is 27.3. The summed E-state index contributed by atoms with van der Waals surface area (Å²) in [5, 5.41) is 7.37. The summed E-state index contributed by atoms with van der Waals surface area (Å²) in [4.78, 5) is 11.8. The second kappa shape index (κ2) is 12.0. The van der Waals surface area contributed by atoms with Crippen LogP contribution in [0, 0.1) is 5.95 Å². The molecule has 1 unspecified atom stereocenters. The van der Waals surface area contributed by atoms with Crippen LogP contribution in [0.25, 0.3) is 16.5 Å². The summed E-state index contributed by atoms with van der Waals surface area (Å²) < 4.78 is 33.5. The third-order valence-electron chi connectivity index (χ3n) is 6.52. The maximum atomic E-state index is 15.0. The van der Waals surface area contributed by atoms with Gasteiger partial charge >= 0.3 is 6.09 Å². The fraction of sp³-hybridized carbons (Fsp3) is 0.467. The molecule has 1 saturated heterocycles. The third-order valence-corrected chi connectivity index (χ3v) is 6.52. The minimum atomic E-state index is -0.538. The van der Waals surface area contributed by atoms with Crippen molar-refractivity contribution in [2.24, 2.45) is 0 Å². The van der Waals surface area contributed by atoms with Crippen LogP contribution in [0.5, 0.6) is 5.75 Å². The fourth-order valence-corrected chi connectivity index (χ4v) is 4.59. The molecule has 1 N–H and O–H groups in total. The van der Waals surface area contributed by atoms with Crippen molar-refractivity contribution in [3.63, 3.8) is 0 Å². The number of alkyl carbamates (subject to hydrolysis) is 1. The molecule has 1 amide bonds. The summed E-state index contributed by atoms with van der Waals surface area (Å²) in [6.45, 7) is 11.0. The Balaban J connectivity index is 1.49. The molecule has 8 heteroatoms. The first kappa shape index (κ1) is 27.6. The summed E-state index contributed by atoms with van der Waals surface area (Å²) in [7, 11) is 0. The van der Waals surface area contributed by atoms with E-state index in [2.05, 4.69) is 24.3 Å². The van der Waals surface area contributed by atoms with Gasteiger partial charge in [0.15, 0.2) is 6.23 Å². The van der Waals surface area contributed by atoms with Crippen molar-refractivity contribution in [2.45, 2.75) is 72.1 Å². The number of aromatic nitrogens is 2. The number of nitrogens with zero attached hydrogens (tertiary/aromatic N) is 2. The molecule has 0 saturated carbocycles. The normalized spacial score (nSPS) is 16.7. The standard InChI is InChI=1S/C30H38FN3O4/c1-6-20(2)27(21-10-13-23(14-11-21)36-18-16-32-29(35)38-30(3,4)5)22-12-15-25-24(19-22)28(31)33-34(25)26-9-7-8-17-37-26/h10-15,19,26H,6-9,16-18H2,1-5H3,(H,32,35)/b27-20-. The van der Waals surface area contributed by atoms with Gasteiger partial charge < -0.3 is 19.5 Å². The van der Waals surface area contributed by atoms with Crippen molar-refractivity contribution in [1.29, 1.82) is 0 Å². The SMILES string of the molecule is CC/C(C)=C(/c1ccc(OCCNC(=O)OC(C)(C)C)cc1)c1ccc2c(c1)c(F)nn2C1CCCCO1. The van der Waals surface area contributed by atoms with E-state index in [1.165, 1.54) is 5.57 Å². The highest BCUT2D eigenvalue weighted by Crippen LogP contribution is 2.34. The van der Waals surface area contributed by atoms with Gasteiger partial charge in [0.2, 0.25) is 5.95 Å². The molecule has 0 aliphatic carbocycles. The number of fused-ring (bicyclic) bond motifs is 1. The number of benzene rings is 2. The van der Waals surface area contributed by atoms with Crippen LogP contribution in [0.4, 0.5) is 9.18 Å². The lowest BCUT2D eigenvalue weighted by molar-refractivity contribution is -0.0375. The van der Waals surface area contributed by atoms with E-state index in [1.807, 2.05) is 63.2 Å². The zero-order valence-corrected chi connectivity index (χ0v) is 23.0. The number of rotatable bonds is 8. The number of allylic oxidation sites excluding steroid dienone is 1. The number of carbonyl (C=O) groups is 1. The van der Waals surface area contributed by atoms with Gasteiger partial charge in [-0.2, -0.15) is 4.39 Å².